The number of nitrogens with one attached hydrogen (secondary N) is 1. The predicted molar refractivity (Wildman–Crippen MR) is 182 cm³/mol. The smallest absolute Gasteiger partial charge is 0.337 e. The lowest BCUT2D eigenvalue weighted by atomic mass is 9.77. The highest BCUT2D eigenvalue weighted by molar-refractivity contribution is 6.00. The molecule has 0 radical (unpaired) electrons. The molecule has 1 atom stereocenters. The normalized spacial score (nSPS) is 15.0. The van der Waals surface area contributed by atoms with Crippen LogP contribution in [0, 0.1) is 0 Å². The minimum absolute atomic E-state index is 0.117. The number of carbonyl (C=O) groups is 2. The topological polar surface area (TPSA) is 83.1 Å². The van der Waals surface area contributed by atoms with Gasteiger partial charge in [0.15, 0.2) is 0 Å². The Hall–Kier alpha value is -2.80. The molecule has 0 bridgehead atoms. The molecule has 0 aliphatic carbocycles. The molecule has 7 nitrogen and oxygen atoms in total. The van der Waals surface area contributed by atoms with Crippen molar-refractivity contribution in [3.63, 3.8) is 0 Å². The molecule has 1 N–H and O–H groups in total. The summed E-state index contributed by atoms with van der Waals surface area (Å²) in [7, 11) is 1.57. The van der Waals surface area contributed by atoms with Crippen LogP contribution in [0.1, 0.15) is 142 Å². The molecule has 1 aromatic carbocycles. The lowest BCUT2D eigenvalue weighted by molar-refractivity contribution is -0.143. The van der Waals surface area contributed by atoms with Crippen LogP contribution >= 0.6 is 0 Å². The lowest BCUT2D eigenvalue weighted by Gasteiger charge is -2.33. The van der Waals surface area contributed by atoms with Gasteiger partial charge in [-0.15, -0.1) is 0 Å². The fourth-order valence-electron chi connectivity index (χ4n) is 6.15. The molecule has 1 aliphatic heterocycles. The van der Waals surface area contributed by atoms with Crippen LogP contribution in [0.4, 0.5) is 0 Å². The van der Waals surface area contributed by atoms with Gasteiger partial charge in [0.2, 0.25) is 0 Å². The number of hydrogen-bond donors (Lipinski definition) is 1. The molecule has 1 aromatic rings. The molecule has 2 rings (SSSR count). The van der Waals surface area contributed by atoms with E-state index in [9.17, 15) is 9.59 Å². The molecule has 0 aromatic heterocycles. The molecule has 254 valence electrons. The number of unbranched alkanes of at least 4 members (excludes halogenated alkanes) is 12. The maximum atomic E-state index is 13.6. The standard InChI is InChI=1S/C38H61NO6/c1-8-10-11-12-13-14-15-16-17-18-19-20-21-23-31-24-22-25-32(43-9-2)35(31)36-33(37(40)44-27-26-42-7)29(5)39-30(6)34(36)38(41)45-28(3)4/h22,24-25,28,36,39H,8-21,23,26-27H2,1-7H3. The second-order valence-electron chi connectivity index (χ2n) is 12.5. The van der Waals surface area contributed by atoms with Crippen molar-refractivity contribution in [1.29, 1.82) is 0 Å². The Balaban J connectivity index is 2.24. The van der Waals surface area contributed by atoms with E-state index >= 15 is 0 Å². The van der Waals surface area contributed by atoms with Gasteiger partial charge >= 0.3 is 11.9 Å². The van der Waals surface area contributed by atoms with E-state index in [0.717, 1.165) is 30.4 Å². The lowest BCUT2D eigenvalue weighted by Crippen LogP contribution is -2.34. The summed E-state index contributed by atoms with van der Waals surface area (Å²) in [5.74, 6) is -0.947. The van der Waals surface area contributed by atoms with Crippen LogP contribution in [0.25, 0.3) is 0 Å². The Morgan fingerprint density at radius 1 is 0.778 bits per heavy atom. The van der Waals surface area contributed by atoms with Crippen molar-refractivity contribution in [2.45, 2.75) is 143 Å². The first-order valence-electron chi connectivity index (χ1n) is 17.6. The number of carbonyl (C=O) groups excluding carboxylic acids is 2. The van der Waals surface area contributed by atoms with Gasteiger partial charge in [-0.1, -0.05) is 96.1 Å². The van der Waals surface area contributed by atoms with Crippen molar-refractivity contribution < 1.29 is 28.5 Å². The van der Waals surface area contributed by atoms with Crippen molar-refractivity contribution in [3.05, 3.63) is 51.9 Å². The number of hydrogen-bond acceptors (Lipinski definition) is 7. The van der Waals surface area contributed by atoms with E-state index in [1.165, 1.54) is 70.6 Å². The summed E-state index contributed by atoms with van der Waals surface area (Å²) in [5, 5.41) is 3.26. The summed E-state index contributed by atoms with van der Waals surface area (Å²) in [5.41, 5.74) is 4.04. The van der Waals surface area contributed by atoms with E-state index in [0.29, 0.717) is 34.9 Å². The van der Waals surface area contributed by atoms with Gasteiger partial charge in [-0.3, -0.25) is 0 Å². The number of aryl methyl sites for hydroxylation is 1. The van der Waals surface area contributed by atoms with Gasteiger partial charge in [0, 0.05) is 24.1 Å². The minimum Gasteiger partial charge on any atom is -0.494 e. The number of allylic oxidation sites excluding steroid dienone is 2. The van der Waals surface area contributed by atoms with E-state index in [1.54, 1.807) is 7.11 Å². The number of benzene rings is 1. The first kappa shape index (κ1) is 38.4. The third-order valence-corrected chi connectivity index (χ3v) is 8.36. The van der Waals surface area contributed by atoms with E-state index in [1.807, 2.05) is 46.8 Å². The molecule has 0 fully saturated rings. The van der Waals surface area contributed by atoms with Crippen molar-refractivity contribution >= 4 is 11.9 Å². The third-order valence-electron chi connectivity index (χ3n) is 8.36. The molecule has 45 heavy (non-hydrogen) atoms. The minimum atomic E-state index is -0.688. The average Bonchev–Trinajstić information content (AvgIpc) is 2.99. The average molecular weight is 628 g/mol. The highest BCUT2D eigenvalue weighted by atomic mass is 16.6. The predicted octanol–water partition coefficient (Wildman–Crippen LogP) is 9.10. The van der Waals surface area contributed by atoms with Crippen LogP contribution in [0.15, 0.2) is 40.7 Å². The van der Waals surface area contributed by atoms with Gasteiger partial charge in [-0.25, -0.2) is 9.59 Å². The Morgan fingerprint density at radius 2 is 1.33 bits per heavy atom. The molecule has 0 spiro atoms. The quantitative estimate of drug-likeness (QED) is 0.0957. The molecule has 1 unspecified atom stereocenters. The summed E-state index contributed by atoms with van der Waals surface area (Å²) in [4.78, 5) is 27.3. The van der Waals surface area contributed by atoms with Gasteiger partial charge in [-0.05, 0) is 59.1 Å². The Bertz CT molecular complexity index is 1110. The Kier molecular flexibility index (Phi) is 18.6. The largest absolute Gasteiger partial charge is 0.494 e. The molecule has 0 amide bonds. The highest BCUT2D eigenvalue weighted by Gasteiger charge is 2.40. The van der Waals surface area contributed by atoms with Crippen LogP contribution in [-0.2, 0) is 30.2 Å². The molecule has 7 heteroatoms. The first-order valence-corrected chi connectivity index (χ1v) is 17.6. The molecule has 0 saturated heterocycles. The monoisotopic (exact) mass is 627 g/mol. The molecular formula is C38H61NO6. The van der Waals surface area contributed by atoms with E-state index in [-0.39, 0.29) is 19.3 Å². The summed E-state index contributed by atoms with van der Waals surface area (Å²) in [6.07, 6.45) is 17.4. The fraction of sp³-hybridized carbons (Fsp3) is 0.684. The fourth-order valence-corrected chi connectivity index (χ4v) is 6.15. The SMILES string of the molecule is CCCCCCCCCCCCCCCc1cccc(OCC)c1C1C(C(=O)OCCOC)=C(C)NC(C)=C1C(=O)OC(C)C. The van der Waals surface area contributed by atoms with Crippen molar-refractivity contribution in [2.24, 2.45) is 0 Å². The second kappa shape index (κ2) is 21.9. The van der Waals surface area contributed by atoms with Crippen LogP contribution in [0.3, 0.4) is 0 Å². The van der Waals surface area contributed by atoms with Crippen molar-refractivity contribution in [1.82, 2.24) is 5.32 Å². The number of rotatable bonds is 23. The molecule has 1 aliphatic rings. The van der Waals surface area contributed by atoms with Gasteiger partial charge < -0.3 is 24.3 Å². The third kappa shape index (κ3) is 12.8. The van der Waals surface area contributed by atoms with Gasteiger partial charge in [-0.2, -0.15) is 0 Å². The summed E-state index contributed by atoms with van der Waals surface area (Å²) < 4.78 is 22.6. The summed E-state index contributed by atoms with van der Waals surface area (Å²) in [6, 6.07) is 6.03. The maximum Gasteiger partial charge on any atom is 0.337 e. The van der Waals surface area contributed by atoms with Crippen molar-refractivity contribution in [2.75, 3.05) is 26.9 Å². The number of methoxy groups -OCH3 is 1. The van der Waals surface area contributed by atoms with Gasteiger partial charge in [0.25, 0.3) is 0 Å². The summed E-state index contributed by atoms with van der Waals surface area (Å²) in [6.45, 7) is 12.4. The Morgan fingerprint density at radius 3 is 1.87 bits per heavy atom. The zero-order valence-corrected chi connectivity index (χ0v) is 29.4. The number of dihydropyridines is 1. The van der Waals surface area contributed by atoms with E-state index in [4.69, 9.17) is 18.9 Å². The second-order valence-corrected chi connectivity index (χ2v) is 12.5. The zero-order chi connectivity index (χ0) is 33.0. The van der Waals surface area contributed by atoms with Crippen molar-refractivity contribution in [3.8, 4) is 5.75 Å². The highest BCUT2D eigenvalue weighted by Crippen LogP contribution is 2.45. The maximum absolute atomic E-state index is 13.6. The Labute approximate surface area is 273 Å². The van der Waals surface area contributed by atoms with Crippen LogP contribution in [-0.4, -0.2) is 45.0 Å². The summed E-state index contributed by atoms with van der Waals surface area (Å²) >= 11 is 0. The first-order chi connectivity index (χ1) is 21.8. The van der Waals surface area contributed by atoms with Gasteiger partial charge in [0.05, 0.1) is 36.4 Å². The van der Waals surface area contributed by atoms with E-state index in [2.05, 4.69) is 18.3 Å². The number of esters is 2. The van der Waals surface area contributed by atoms with Gasteiger partial charge in [0.1, 0.15) is 12.4 Å². The molecule has 1 heterocycles. The van der Waals surface area contributed by atoms with Crippen LogP contribution in [0.2, 0.25) is 0 Å². The van der Waals surface area contributed by atoms with Crippen LogP contribution in [0.5, 0.6) is 5.75 Å². The number of ether oxygens (including phenoxy) is 4. The van der Waals surface area contributed by atoms with Crippen LogP contribution < -0.4 is 10.1 Å². The molecular weight excluding hydrogens is 566 g/mol. The zero-order valence-electron chi connectivity index (χ0n) is 29.4. The van der Waals surface area contributed by atoms with E-state index < -0.39 is 17.9 Å². The molecule has 0 saturated carbocycles.